The molecule has 4 aromatic carbocycles. The van der Waals surface area contributed by atoms with E-state index in [0.717, 1.165) is 21.6 Å². The van der Waals surface area contributed by atoms with Gasteiger partial charge in [0, 0.05) is 4.90 Å². The normalized spacial score (nSPS) is 22.0. The van der Waals surface area contributed by atoms with Gasteiger partial charge in [0.05, 0.1) is 32.7 Å². The summed E-state index contributed by atoms with van der Waals surface area (Å²) >= 11 is 1.64. The van der Waals surface area contributed by atoms with Crippen molar-refractivity contribution in [3.8, 4) is 0 Å². The molecular formula is C37H40O5S. The van der Waals surface area contributed by atoms with Crippen molar-refractivity contribution in [1.82, 2.24) is 0 Å². The molecule has 1 heterocycles. The summed E-state index contributed by atoms with van der Waals surface area (Å²) in [5.41, 5.74) is 4.12. The molecule has 1 aliphatic rings. The van der Waals surface area contributed by atoms with E-state index in [4.69, 9.17) is 23.7 Å². The summed E-state index contributed by atoms with van der Waals surface area (Å²) in [4.78, 5) is 1.10. The lowest BCUT2D eigenvalue weighted by Crippen LogP contribution is -2.60. The highest BCUT2D eigenvalue weighted by Crippen LogP contribution is 2.38. The fourth-order valence-electron chi connectivity index (χ4n) is 4.96. The average Bonchev–Trinajstić information content (AvgIpc) is 3.05. The van der Waals surface area contributed by atoms with Gasteiger partial charge in [0.2, 0.25) is 0 Å². The van der Waals surface area contributed by atoms with Crippen LogP contribution in [0, 0.1) is 6.92 Å². The van der Waals surface area contributed by atoms with Crippen LogP contribution in [0.2, 0.25) is 0 Å². The minimum absolute atomic E-state index is 0.348. The van der Waals surface area contributed by atoms with Gasteiger partial charge in [-0.2, -0.15) is 0 Å². The summed E-state index contributed by atoms with van der Waals surface area (Å²) in [6.07, 6.45) is 1.92. The van der Waals surface area contributed by atoms with Crippen LogP contribution < -0.4 is 0 Å². The number of benzene rings is 4. The maximum atomic E-state index is 6.83. The zero-order valence-electron chi connectivity index (χ0n) is 24.8. The van der Waals surface area contributed by atoms with Crippen LogP contribution in [0.1, 0.15) is 29.2 Å². The molecule has 43 heavy (non-hydrogen) atoms. The van der Waals surface area contributed by atoms with E-state index >= 15 is 0 Å². The molecule has 224 valence electrons. The van der Waals surface area contributed by atoms with Crippen molar-refractivity contribution in [2.75, 3.05) is 6.61 Å². The van der Waals surface area contributed by atoms with Gasteiger partial charge in [-0.3, -0.25) is 0 Å². The van der Waals surface area contributed by atoms with Crippen LogP contribution in [0.4, 0.5) is 0 Å². The molecule has 1 saturated heterocycles. The second kappa shape index (κ2) is 16.5. The Hall–Kier alpha value is -3.39. The Morgan fingerprint density at radius 3 is 1.74 bits per heavy atom. The molecule has 0 aromatic heterocycles. The summed E-state index contributed by atoms with van der Waals surface area (Å²) < 4.78 is 32.9. The van der Waals surface area contributed by atoms with Crippen molar-refractivity contribution in [3.05, 3.63) is 150 Å². The van der Waals surface area contributed by atoms with Gasteiger partial charge in [-0.15, -0.1) is 0 Å². The van der Waals surface area contributed by atoms with Crippen LogP contribution in [0.15, 0.2) is 132 Å². The highest BCUT2D eigenvalue weighted by atomic mass is 32.2. The quantitative estimate of drug-likeness (QED) is 0.137. The van der Waals surface area contributed by atoms with Gasteiger partial charge < -0.3 is 23.7 Å². The predicted molar refractivity (Wildman–Crippen MR) is 172 cm³/mol. The van der Waals surface area contributed by atoms with Crippen LogP contribution in [0.5, 0.6) is 0 Å². The standard InChI is InChI=1S/C37H40O5S/c1-3-23-39-36-35(41-26-31-17-11-6-12-18-31)34(40-25-30-15-9-5-10-16-30)33(27-38-24-29-13-7-4-8-14-29)42-37(36)43-32-21-19-28(2)20-22-32/h3-23,33-37H,24-27H2,1-2H3/b23-3-/t33-,34-,35+,36-,37+/m1/s1. The molecule has 0 bridgehead atoms. The second-order valence-corrected chi connectivity index (χ2v) is 11.7. The fourth-order valence-corrected chi connectivity index (χ4v) is 6.08. The molecule has 0 N–H and O–H groups in total. The summed E-state index contributed by atoms with van der Waals surface area (Å²) in [5, 5.41) is 0. The number of hydrogen-bond acceptors (Lipinski definition) is 6. The lowest BCUT2D eigenvalue weighted by Gasteiger charge is -2.45. The van der Waals surface area contributed by atoms with Crippen LogP contribution in [0.25, 0.3) is 0 Å². The maximum absolute atomic E-state index is 6.83. The molecule has 1 fully saturated rings. The monoisotopic (exact) mass is 596 g/mol. The first-order valence-electron chi connectivity index (χ1n) is 14.8. The largest absolute Gasteiger partial charge is 0.492 e. The molecule has 6 heteroatoms. The van der Waals surface area contributed by atoms with Crippen LogP contribution in [0.3, 0.4) is 0 Å². The Morgan fingerprint density at radius 2 is 1.19 bits per heavy atom. The third kappa shape index (κ3) is 9.30. The Kier molecular flexibility index (Phi) is 11.9. The Bertz CT molecular complexity index is 1360. The van der Waals surface area contributed by atoms with Gasteiger partial charge in [0.25, 0.3) is 0 Å². The fraction of sp³-hybridized carbons (Fsp3) is 0.297. The van der Waals surface area contributed by atoms with E-state index in [-0.39, 0.29) is 11.5 Å². The SMILES string of the molecule is C/C=C\O[C@@H]1[C@@H](OCc2ccccc2)[C@H](OCc2ccccc2)[C@@H](COCc2ccccc2)O[C@H]1Sc1ccc(C)cc1. The van der Waals surface area contributed by atoms with Gasteiger partial charge in [0.15, 0.2) is 6.10 Å². The highest BCUT2D eigenvalue weighted by molar-refractivity contribution is 7.99. The van der Waals surface area contributed by atoms with Gasteiger partial charge in [0.1, 0.15) is 23.7 Å². The molecule has 5 rings (SSSR count). The van der Waals surface area contributed by atoms with Gasteiger partial charge in [-0.05, 0) is 42.7 Å². The molecular weight excluding hydrogens is 556 g/mol. The van der Waals surface area contributed by atoms with E-state index in [1.165, 1.54) is 5.56 Å². The maximum Gasteiger partial charge on any atom is 0.162 e. The Balaban J connectivity index is 1.44. The minimum atomic E-state index is -0.440. The number of ether oxygens (including phenoxy) is 5. The Labute approximate surface area is 259 Å². The van der Waals surface area contributed by atoms with Gasteiger partial charge in [-0.25, -0.2) is 0 Å². The molecule has 5 atom stereocenters. The summed E-state index contributed by atoms with van der Waals surface area (Å²) in [7, 11) is 0. The van der Waals surface area contributed by atoms with Crippen molar-refractivity contribution in [3.63, 3.8) is 0 Å². The predicted octanol–water partition coefficient (Wildman–Crippen LogP) is 8.12. The number of allylic oxidation sites excluding steroid dienone is 1. The van der Waals surface area contributed by atoms with E-state index in [0.29, 0.717) is 26.4 Å². The first-order chi connectivity index (χ1) is 21.2. The molecule has 0 spiro atoms. The average molecular weight is 597 g/mol. The smallest absolute Gasteiger partial charge is 0.162 e. The topological polar surface area (TPSA) is 46.2 Å². The molecule has 0 unspecified atom stereocenters. The molecule has 0 amide bonds. The summed E-state index contributed by atoms with van der Waals surface area (Å²) in [5.74, 6) is 0. The van der Waals surface area contributed by atoms with Crippen LogP contribution >= 0.6 is 11.8 Å². The molecule has 0 saturated carbocycles. The Morgan fingerprint density at radius 1 is 0.651 bits per heavy atom. The zero-order chi connectivity index (χ0) is 29.7. The number of hydrogen-bond donors (Lipinski definition) is 0. The minimum Gasteiger partial charge on any atom is -0.492 e. The van der Waals surface area contributed by atoms with Crippen LogP contribution in [-0.2, 0) is 43.5 Å². The molecule has 0 radical (unpaired) electrons. The summed E-state index contributed by atoms with van der Waals surface area (Å²) in [6, 6.07) is 39.0. The van der Waals surface area contributed by atoms with E-state index in [9.17, 15) is 0 Å². The molecule has 5 nitrogen and oxygen atoms in total. The lowest BCUT2D eigenvalue weighted by atomic mass is 9.99. The third-order valence-corrected chi connectivity index (χ3v) is 8.36. The lowest BCUT2D eigenvalue weighted by molar-refractivity contribution is -0.244. The van der Waals surface area contributed by atoms with Crippen molar-refractivity contribution in [2.24, 2.45) is 0 Å². The summed E-state index contributed by atoms with van der Waals surface area (Å²) in [6.45, 7) is 5.70. The zero-order valence-corrected chi connectivity index (χ0v) is 25.6. The second-order valence-electron chi connectivity index (χ2n) is 10.6. The highest BCUT2D eigenvalue weighted by Gasteiger charge is 2.49. The van der Waals surface area contributed by atoms with E-state index in [2.05, 4.69) is 67.6 Å². The number of thioether (sulfide) groups is 1. The van der Waals surface area contributed by atoms with Crippen molar-refractivity contribution in [1.29, 1.82) is 0 Å². The first kappa shape index (κ1) is 31.0. The van der Waals surface area contributed by atoms with Crippen molar-refractivity contribution >= 4 is 11.8 Å². The first-order valence-corrected chi connectivity index (χ1v) is 15.7. The van der Waals surface area contributed by atoms with E-state index in [1.54, 1.807) is 18.0 Å². The van der Waals surface area contributed by atoms with Gasteiger partial charge >= 0.3 is 0 Å². The van der Waals surface area contributed by atoms with E-state index in [1.807, 2.05) is 67.6 Å². The molecule has 1 aliphatic heterocycles. The van der Waals surface area contributed by atoms with Crippen molar-refractivity contribution in [2.45, 2.75) is 68.4 Å². The van der Waals surface area contributed by atoms with Crippen LogP contribution in [-0.4, -0.2) is 36.5 Å². The van der Waals surface area contributed by atoms with E-state index < -0.39 is 18.3 Å². The van der Waals surface area contributed by atoms with Gasteiger partial charge in [-0.1, -0.05) is 127 Å². The number of aryl methyl sites for hydroxylation is 1. The third-order valence-electron chi connectivity index (χ3n) is 7.20. The molecule has 0 aliphatic carbocycles. The van der Waals surface area contributed by atoms with Crippen molar-refractivity contribution < 1.29 is 23.7 Å². The number of rotatable bonds is 14. The molecule has 4 aromatic rings.